The van der Waals surface area contributed by atoms with Crippen LogP contribution < -0.4 is 18.6 Å². The summed E-state index contributed by atoms with van der Waals surface area (Å²) in [6.07, 6.45) is -1.96. The lowest BCUT2D eigenvalue weighted by Gasteiger charge is -2.17. The highest BCUT2D eigenvalue weighted by atomic mass is 35.7. The normalized spacial score (nSPS) is 21.1. The van der Waals surface area contributed by atoms with Gasteiger partial charge >= 0.3 is 11.5 Å². The number of rotatable bonds is 1. The number of hydrogen-bond donors (Lipinski definition) is 0. The molecule has 0 aliphatic carbocycles. The summed E-state index contributed by atoms with van der Waals surface area (Å²) in [4.78, 5) is 0. The van der Waals surface area contributed by atoms with Crippen LogP contribution in [-0.2, 0) is 6.37 Å². The third-order valence-corrected chi connectivity index (χ3v) is 1.04. The standard InChI is InChI=1S/C9H13O.ClHO4/c1-4-9-6-7(2)5-8(3)10-9;2-1(3,4)5/h5-6H,4H2,1-3H3;(H,2,3,4,5)/q+1;/p-1/i2D3,3D3,4D2;. The molecule has 0 unspecified atom stereocenters. The molecule has 86 valence electrons. The summed E-state index contributed by atoms with van der Waals surface area (Å²) < 4.78 is 97.3. The van der Waals surface area contributed by atoms with E-state index < -0.39 is 36.1 Å². The van der Waals surface area contributed by atoms with Crippen molar-refractivity contribution in [2.75, 3.05) is 0 Å². The molecule has 1 aromatic heterocycles. The van der Waals surface area contributed by atoms with Crippen LogP contribution in [0.25, 0.3) is 0 Å². The summed E-state index contributed by atoms with van der Waals surface area (Å²) in [6.45, 7) is -3.98. The first kappa shape index (κ1) is 5.56. The van der Waals surface area contributed by atoms with Crippen molar-refractivity contribution >= 4 is 0 Å². The van der Waals surface area contributed by atoms with E-state index in [1.165, 1.54) is 6.92 Å². The second kappa shape index (κ2) is 5.99. The van der Waals surface area contributed by atoms with Gasteiger partial charge < -0.3 is 0 Å². The van der Waals surface area contributed by atoms with Crippen LogP contribution >= 0.6 is 0 Å². The van der Waals surface area contributed by atoms with E-state index in [0.29, 0.717) is 0 Å². The summed E-state index contributed by atoms with van der Waals surface area (Å²) in [5.74, 6) is -0.848. The molecule has 0 aliphatic heterocycles. The second-order valence-corrected chi connectivity index (χ2v) is 2.96. The molecule has 0 bridgehead atoms. The first-order chi connectivity index (χ1) is 9.82. The van der Waals surface area contributed by atoms with E-state index >= 15 is 0 Å². The molecule has 15 heavy (non-hydrogen) atoms. The molecule has 0 aromatic carbocycles. The maximum atomic E-state index is 8.49. The average molecular weight is 245 g/mol. The third kappa shape index (κ3) is 9.58. The highest BCUT2D eigenvalue weighted by Crippen LogP contribution is 2.08. The van der Waals surface area contributed by atoms with E-state index in [1.54, 1.807) is 0 Å². The molecular weight excluding hydrogens is 224 g/mol. The van der Waals surface area contributed by atoms with Gasteiger partial charge in [-0.15, -0.1) is 10.2 Å². The predicted octanol–water partition coefficient (Wildman–Crippen LogP) is -2.02. The van der Waals surface area contributed by atoms with Gasteiger partial charge in [0.05, 0.1) is 13.2 Å². The van der Waals surface area contributed by atoms with E-state index in [4.69, 9.17) is 34.0 Å². The van der Waals surface area contributed by atoms with E-state index in [2.05, 4.69) is 0 Å². The molecule has 0 N–H and O–H groups in total. The Kier molecular flexibility index (Phi) is 2.22. The van der Waals surface area contributed by atoms with Crippen LogP contribution in [0.4, 0.5) is 0 Å². The number of halogens is 1. The topological polar surface area (TPSA) is 104 Å². The Hall–Kier alpha value is -0.720. The van der Waals surface area contributed by atoms with E-state index in [0.717, 1.165) is 12.1 Å². The van der Waals surface area contributed by atoms with Crippen LogP contribution in [0.3, 0.4) is 0 Å². The molecule has 0 fully saturated rings. The summed E-state index contributed by atoms with van der Waals surface area (Å²) in [5, 5.41) is 0. The van der Waals surface area contributed by atoms with Crippen molar-refractivity contribution in [2.45, 2.75) is 27.0 Å². The Bertz CT molecular complexity index is 446. The molecule has 0 aliphatic rings. The van der Waals surface area contributed by atoms with Crippen LogP contribution in [0.1, 0.15) is 35.0 Å². The fraction of sp³-hybridized carbons (Fsp3) is 0.444. The van der Waals surface area contributed by atoms with Gasteiger partial charge in [-0.1, -0.05) is 6.92 Å². The molecule has 1 aromatic rings. The highest BCUT2D eigenvalue weighted by molar-refractivity contribution is 5.15. The number of hydrogen-bond acceptors (Lipinski definition) is 4. The summed E-state index contributed by atoms with van der Waals surface area (Å²) in [6, 6.07) is 1.96. The fourth-order valence-electron chi connectivity index (χ4n) is 0.625. The zero-order chi connectivity index (χ0) is 18.9. The van der Waals surface area contributed by atoms with Crippen LogP contribution in [0.15, 0.2) is 16.5 Å². The van der Waals surface area contributed by atoms with Crippen molar-refractivity contribution in [3.8, 4) is 0 Å². The first-order valence-electron chi connectivity index (χ1n) is 7.43. The summed E-state index contributed by atoms with van der Waals surface area (Å²) >= 11 is 0. The van der Waals surface area contributed by atoms with Gasteiger partial charge in [-0.25, -0.2) is 23.1 Å². The van der Waals surface area contributed by atoms with Crippen molar-refractivity contribution in [3.63, 3.8) is 0 Å². The van der Waals surface area contributed by atoms with Crippen LogP contribution in [0.2, 0.25) is 0 Å². The molecule has 5 nitrogen and oxygen atoms in total. The molecular formula is C9H13ClO5. The van der Waals surface area contributed by atoms with Crippen LogP contribution in [-0.4, -0.2) is 0 Å². The lowest BCUT2D eigenvalue weighted by atomic mass is 10.2. The lowest BCUT2D eigenvalue weighted by Crippen LogP contribution is -2.68. The Morgan fingerprint density at radius 3 is 2.33 bits per heavy atom. The minimum absolute atomic E-state index is 0.249. The Labute approximate surface area is 102 Å². The van der Waals surface area contributed by atoms with Crippen molar-refractivity contribution in [3.05, 3.63) is 29.2 Å². The van der Waals surface area contributed by atoms with Gasteiger partial charge in [0.25, 0.3) is 0 Å². The molecule has 0 radical (unpaired) electrons. The molecule has 6 heteroatoms. The van der Waals surface area contributed by atoms with Crippen LogP contribution in [0, 0.1) is 23.9 Å². The maximum Gasteiger partial charge on any atom is 0.329 e. The van der Waals surface area contributed by atoms with Gasteiger partial charge in [0.1, 0.15) is 0 Å². The largest absolute Gasteiger partial charge is 0.329 e. The van der Waals surface area contributed by atoms with Crippen molar-refractivity contribution in [1.29, 1.82) is 0 Å². The van der Waals surface area contributed by atoms with Gasteiger partial charge in [-0.3, -0.25) is 0 Å². The smallest absolute Gasteiger partial charge is 0.222 e. The molecule has 0 atom stereocenters. The predicted molar refractivity (Wildman–Crippen MR) is 42.0 cm³/mol. The van der Waals surface area contributed by atoms with Gasteiger partial charge in [0, 0.05) is 23.1 Å². The van der Waals surface area contributed by atoms with Crippen LogP contribution in [0.5, 0.6) is 0 Å². The van der Waals surface area contributed by atoms with Gasteiger partial charge in [-0.05, 0) is 12.4 Å². The quantitative estimate of drug-likeness (QED) is 0.531. The Morgan fingerprint density at radius 1 is 1.33 bits per heavy atom. The van der Waals surface area contributed by atoms with E-state index in [9.17, 15) is 0 Å². The monoisotopic (exact) mass is 244 g/mol. The lowest BCUT2D eigenvalue weighted by molar-refractivity contribution is -2.00. The number of aryl methyl sites for hydroxylation is 3. The Balaban J connectivity index is 0.000000841. The van der Waals surface area contributed by atoms with Crippen molar-refractivity contribution < 1.29 is 44.3 Å². The molecule has 1 rings (SSSR count). The minimum Gasteiger partial charge on any atom is -0.222 e. The molecule has 0 saturated heterocycles. The van der Waals surface area contributed by atoms with Gasteiger partial charge in [0.15, 0.2) is 0 Å². The van der Waals surface area contributed by atoms with Crippen molar-refractivity contribution in [2.24, 2.45) is 0 Å². The van der Waals surface area contributed by atoms with Crippen molar-refractivity contribution in [1.82, 2.24) is 0 Å². The van der Waals surface area contributed by atoms with E-state index in [1.807, 2.05) is 0 Å². The molecule has 0 spiro atoms. The van der Waals surface area contributed by atoms with Gasteiger partial charge in [-0.2, -0.15) is 0 Å². The maximum absolute atomic E-state index is 8.49. The third-order valence-electron chi connectivity index (χ3n) is 1.04. The summed E-state index contributed by atoms with van der Waals surface area (Å²) in [7, 11) is -4.94. The SMILES string of the molecule is [2H]C([2H])([2H])c1cc(C([2H])([2H])[2H])[o+]c(C([2H])([2H])C)c1.[O-][Cl+3]([O-])([O-])[O-]. The molecule has 0 amide bonds. The highest BCUT2D eigenvalue weighted by Gasteiger charge is 2.06. The van der Waals surface area contributed by atoms with E-state index in [-0.39, 0.29) is 11.3 Å². The first-order valence-corrected chi connectivity index (χ1v) is 4.66. The minimum atomic E-state index is -4.94. The zero-order valence-electron chi connectivity index (χ0n) is 15.6. The van der Waals surface area contributed by atoms with Gasteiger partial charge in [0.2, 0.25) is 0 Å². The average Bonchev–Trinajstić information content (AvgIpc) is 2.22. The Morgan fingerprint density at radius 2 is 1.93 bits per heavy atom. The summed E-state index contributed by atoms with van der Waals surface area (Å²) in [5.41, 5.74) is -0.249. The zero-order valence-corrected chi connectivity index (χ0v) is 8.33. The molecule has 1 heterocycles. The second-order valence-electron chi connectivity index (χ2n) is 2.20. The molecule has 0 saturated carbocycles. The fourth-order valence-corrected chi connectivity index (χ4v) is 0.625.